The van der Waals surface area contributed by atoms with Gasteiger partial charge in [-0.2, -0.15) is 0 Å². The molecule has 1 rings (SSSR count). The van der Waals surface area contributed by atoms with Gasteiger partial charge in [0, 0.05) is 19.2 Å². The number of non-ortho nitro benzene ring substituents is 1. The van der Waals surface area contributed by atoms with Gasteiger partial charge in [0.2, 0.25) is 0 Å². The van der Waals surface area contributed by atoms with Crippen molar-refractivity contribution in [3.05, 3.63) is 39.7 Å². The lowest BCUT2D eigenvalue weighted by atomic mass is 10.2. The van der Waals surface area contributed by atoms with Crippen molar-refractivity contribution < 1.29 is 28.3 Å². The summed E-state index contributed by atoms with van der Waals surface area (Å²) in [5, 5.41) is 10.5. The van der Waals surface area contributed by atoms with Gasteiger partial charge in [0.15, 0.2) is 0 Å². The molecule has 0 aliphatic heterocycles. The standard InChI is InChI=1S/C12H14FNO6/c1-18-4-5-19-6-7-20-12(15)10-8-9(14(16)17)2-3-11(10)13/h2-3,8H,4-7H2,1H3. The third kappa shape index (κ3) is 4.90. The lowest BCUT2D eigenvalue weighted by molar-refractivity contribution is -0.384. The Balaban J connectivity index is 2.50. The van der Waals surface area contributed by atoms with Gasteiger partial charge in [-0.3, -0.25) is 10.1 Å². The van der Waals surface area contributed by atoms with Crippen LogP contribution in [0.1, 0.15) is 10.4 Å². The van der Waals surface area contributed by atoms with E-state index >= 15 is 0 Å². The predicted molar refractivity (Wildman–Crippen MR) is 66.0 cm³/mol. The summed E-state index contributed by atoms with van der Waals surface area (Å²) in [6, 6.07) is 2.66. The number of ether oxygens (including phenoxy) is 3. The molecule has 0 aromatic heterocycles. The van der Waals surface area contributed by atoms with Crippen molar-refractivity contribution in [3.8, 4) is 0 Å². The molecule has 0 aliphatic carbocycles. The van der Waals surface area contributed by atoms with Crippen LogP contribution in [0.15, 0.2) is 18.2 Å². The average molecular weight is 287 g/mol. The van der Waals surface area contributed by atoms with Gasteiger partial charge >= 0.3 is 5.97 Å². The molecule has 0 atom stereocenters. The normalized spacial score (nSPS) is 10.3. The van der Waals surface area contributed by atoms with E-state index < -0.39 is 22.3 Å². The molecule has 0 saturated heterocycles. The Morgan fingerprint density at radius 3 is 2.65 bits per heavy atom. The molecule has 7 nitrogen and oxygen atoms in total. The third-order valence-corrected chi connectivity index (χ3v) is 2.27. The molecule has 0 saturated carbocycles. The van der Waals surface area contributed by atoms with Gasteiger partial charge in [-0.25, -0.2) is 9.18 Å². The van der Waals surface area contributed by atoms with E-state index in [1.165, 1.54) is 7.11 Å². The molecular formula is C12H14FNO6. The minimum atomic E-state index is -0.971. The third-order valence-electron chi connectivity index (χ3n) is 2.27. The summed E-state index contributed by atoms with van der Waals surface area (Å²) in [6.07, 6.45) is 0. The van der Waals surface area contributed by atoms with E-state index in [4.69, 9.17) is 14.2 Å². The predicted octanol–water partition coefficient (Wildman–Crippen LogP) is 1.55. The van der Waals surface area contributed by atoms with Crippen molar-refractivity contribution in [2.45, 2.75) is 0 Å². The van der Waals surface area contributed by atoms with Gasteiger partial charge in [-0.1, -0.05) is 0 Å². The first-order valence-electron chi connectivity index (χ1n) is 5.74. The van der Waals surface area contributed by atoms with Crippen molar-refractivity contribution in [1.29, 1.82) is 0 Å². The minimum absolute atomic E-state index is 0.0787. The van der Waals surface area contributed by atoms with E-state index in [0.717, 1.165) is 18.2 Å². The molecule has 0 bridgehead atoms. The first-order valence-corrected chi connectivity index (χ1v) is 5.74. The molecule has 20 heavy (non-hydrogen) atoms. The highest BCUT2D eigenvalue weighted by Gasteiger charge is 2.17. The molecule has 0 amide bonds. The Labute approximate surface area is 114 Å². The summed E-state index contributed by atoms with van der Waals surface area (Å²) in [5.41, 5.74) is -0.856. The summed E-state index contributed by atoms with van der Waals surface area (Å²) in [4.78, 5) is 21.4. The fraction of sp³-hybridized carbons (Fsp3) is 0.417. The molecule has 1 aromatic carbocycles. The zero-order valence-corrected chi connectivity index (χ0v) is 10.8. The van der Waals surface area contributed by atoms with Crippen molar-refractivity contribution in [3.63, 3.8) is 0 Å². The zero-order valence-electron chi connectivity index (χ0n) is 10.8. The summed E-state index contributed by atoms with van der Waals surface area (Å²) in [6.45, 7) is 0.809. The topological polar surface area (TPSA) is 87.9 Å². The molecule has 8 heteroatoms. The van der Waals surface area contributed by atoms with Crippen LogP contribution in [0.2, 0.25) is 0 Å². The summed E-state index contributed by atoms with van der Waals surface area (Å²) in [5.74, 6) is -1.84. The quantitative estimate of drug-likeness (QED) is 0.312. The van der Waals surface area contributed by atoms with Crippen LogP contribution >= 0.6 is 0 Å². The smallest absolute Gasteiger partial charge is 0.341 e. The van der Waals surface area contributed by atoms with E-state index in [0.29, 0.717) is 13.2 Å². The second kappa shape index (κ2) is 8.18. The largest absolute Gasteiger partial charge is 0.460 e. The van der Waals surface area contributed by atoms with Crippen LogP contribution in [0.3, 0.4) is 0 Å². The number of carbonyl (C=O) groups is 1. The Morgan fingerprint density at radius 1 is 1.30 bits per heavy atom. The first-order chi connectivity index (χ1) is 9.56. The van der Waals surface area contributed by atoms with Crippen LogP contribution in [0.25, 0.3) is 0 Å². The molecular weight excluding hydrogens is 273 g/mol. The Bertz CT molecular complexity index is 479. The van der Waals surface area contributed by atoms with E-state index in [9.17, 15) is 19.3 Å². The van der Waals surface area contributed by atoms with Crippen LogP contribution in [0.4, 0.5) is 10.1 Å². The Hall–Kier alpha value is -2.06. The van der Waals surface area contributed by atoms with Crippen molar-refractivity contribution in [1.82, 2.24) is 0 Å². The van der Waals surface area contributed by atoms with Gasteiger partial charge in [0.1, 0.15) is 18.0 Å². The number of hydrogen-bond donors (Lipinski definition) is 0. The Kier molecular flexibility index (Phi) is 6.54. The number of methoxy groups -OCH3 is 1. The second-order valence-corrected chi connectivity index (χ2v) is 3.66. The number of esters is 1. The SMILES string of the molecule is COCCOCCOC(=O)c1cc([N+](=O)[O-])ccc1F. The monoisotopic (exact) mass is 287 g/mol. The molecule has 0 radical (unpaired) electrons. The van der Waals surface area contributed by atoms with E-state index in [1.54, 1.807) is 0 Å². The molecule has 0 aliphatic rings. The van der Waals surface area contributed by atoms with Crippen LogP contribution in [-0.2, 0) is 14.2 Å². The van der Waals surface area contributed by atoms with Gasteiger partial charge < -0.3 is 14.2 Å². The van der Waals surface area contributed by atoms with Gasteiger partial charge in [0.25, 0.3) is 5.69 Å². The summed E-state index contributed by atoms with van der Waals surface area (Å²) < 4.78 is 27.9. The van der Waals surface area contributed by atoms with Crippen LogP contribution in [0.5, 0.6) is 0 Å². The fourth-order valence-electron chi connectivity index (χ4n) is 1.30. The number of nitro groups is 1. The molecule has 0 fully saturated rings. The number of hydrogen-bond acceptors (Lipinski definition) is 6. The highest BCUT2D eigenvalue weighted by Crippen LogP contribution is 2.17. The van der Waals surface area contributed by atoms with Gasteiger partial charge in [0.05, 0.1) is 24.7 Å². The lowest BCUT2D eigenvalue weighted by Crippen LogP contribution is -2.14. The molecule has 0 spiro atoms. The summed E-state index contributed by atoms with van der Waals surface area (Å²) >= 11 is 0. The molecule has 1 aromatic rings. The minimum Gasteiger partial charge on any atom is -0.460 e. The van der Waals surface area contributed by atoms with Gasteiger partial charge in [-0.05, 0) is 6.07 Å². The fourth-order valence-corrected chi connectivity index (χ4v) is 1.30. The second-order valence-electron chi connectivity index (χ2n) is 3.66. The number of halogens is 1. The number of rotatable bonds is 8. The number of nitrogens with zero attached hydrogens (tertiary/aromatic N) is 1. The van der Waals surface area contributed by atoms with Crippen molar-refractivity contribution >= 4 is 11.7 Å². The van der Waals surface area contributed by atoms with Crippen LogP contribution < -0.4 is 0 Å². The number of nitro benzene ring substituents is 1. The van der Waals surface area contributed by atoms with E-state index in [-0.39, 0.29) is 18.9 Å². The maximum absolute atomic E-state index is 13.4. The lowest BCUT2D eigenvalue weighted by Gasteiger charge is -2.06. The van der Waals surface area contributed by atoms with Crippen LogP contribution in [0, 0.1) is 15.9 Å². The first kappa shape index (κ1) is 16.0. The maximum Gasteiger partial charge on any atom is 0.341 e. The molecule has 0 heterocycles. The van der Waals surface area contributed by atoms with E-state index in [1.807, 2.05) is 0 Å². The van der Waals surface area contributed by atoms with Crippen molar-refractivity contribution in [2.24, 2.45) is 0 Å². The molecule has 110 valence electrons. The molecule has 0 unspecified atom stereocenters. The maximum atomic E-state index is 13.4. The van der Waals surface area contributed by atoms with Crippen molar-refractivity contribution in [2.75, 3.05) is 33.5 Å². The highest BCUT2D eigenvalue weighted by atomic mass is 19.1. The van der Waals surface area contributed by atoms with Crippen LogP contribution in [-0.4, -0.2) is 44.4 Å². The molecule has 0 N–H and O–H groups in total. The average Bonchev–Trinajstić information content (AvgIpc) is 2.42. The van der Waals surface area contributed by atoms with Gasteiger partial charge in [-0.15, -0.1) is 0 Å². The zero-order chi connectivity index (χ0) is 15.0. The number of carbonyl (C=O) groups excluding carboxylic acids is 1. The Morgan fingerprint density at radius 2 is 2.00 bits per heavy atom. The number of benzene rings is 1. The summed E-state index contributed by atoms with van der Waals surface area (Å²) in [7, 11) is 1.52. The highest BCUT2D eigenvalue weighted by molar-refractivity contribution is 5.90. The van der Waals surface area contributed by atoms with E-state index in [2.05, 4.69) is 0 Å².